The highest BCUT2D eigenvalue weighted by molar-refractivity contribution is 7.92. The molecule has 1 N–H and O–H groups in total. The first kappa shape index (κ1) is 21.1. The summed E-state index contributed by atoms with van der Waals surface area (Å²) in [5.41, 5.74) is 1.92. The molecule has 1 aromatic heterocycles. The maximum Gasteiger partial charge on any atom is 0.266 e. The number of anilines is 1. The second-order valence-electron chi connectivity index (χ2n) is 7.04. The molecule has 0 atom stereocenters. The first-order valence-corrected chi connectivity index (χ1v) is 11.5. The maximum atomic E-state index is 13.2. The van der Waals surface area contributed by atoms with Gasteiger partial charge in [0.2, 0.25) is 0 Å². The molecule has 4 rings (SSSR count). The number of nitrogens with zero attached hydrogens (tertiary/aromatic N) is 2. The van der Waals surface area contributed by atoms with E-state index in [1.807, 2.05) is 30.3 Å². The van der Waals surface area contributed by atoms with E-state index in [1.54, 1.807) is 17.0 Å². The van der Waals surface area contributed by atoms with Crippen LogP contribution in [-0.4, -0.2) is 44.4 Å². The fourth-order valence-electron chi connectivity index (χ4n) is 3.28. The fraction of sp³-hybridized carbons (Fsp3) is 0.182. The molecule has 0 unspecified atom stereocenters. The van der Waals surface area contributed by atoms with Gasteiger partial charge < -0.3 is 9.64 Å². The van der Waals surface area contributed by atoms with Gasteiger partial charge in [0.1, 0.15) is 10.7 Å². The van der Waals surface area contributed by atoms with E-state index in [-0.39, 0.29) is 33.0 Å². The van der Waals surface area contributed by atoms with Gasteiger partial charge in [0, 0.05) is 24.8 Å². The van der Waals surface area contributed by atoms with Crippen LogP contribution < -0.4 is 9.46 Å². The van der Waals surface area contributed by atoms with Crippen molar-refractivity contribution in [3.8, 4) is 16.9 Å². The molecule has 0 spiro atoms. The molecule has 0 radical (unpaired) electrons. The van der Waals surface area contributed by atoms with Gasteiger partial charge in [-0.05, 0) is 41.8 Å². The van der Waals surface area contributed by atoms with Crippen molar-refractivity contribution < 1.29 is 17.9 Å². The van der Waals surface area contributed by atoms with E-state index in [2.05, 4.69) is 9.71 Å². The Morgan fingerprint density at radius 3 is 2.48 bits per heavy atom. The van der Waals surface area contributed by atoms with E-state index in [1.165, 1.54) is 25.4 Å². The van der Waals surface area contributed by atoms with Crippen molar-refractivity contribution in [2.24, 2.45) is 0 Å². The topological polar surface area (TPSA) is 88.6 Å². The van der Waals surface area contributed by atoms with E-state index in [9.17, 15) is 13.2 Å². The molecule has 0 bridgehead atoms. The first-order chi connectivity index (χ1) is 14.9. The largest absolute Gasteiger partial charge is 0.494 e. The number of hydrogen-bond acceptors (Lipinski definition) is 5. The molecule has 1 saturated heterocycles. The minimum atomic E-state index is -4.14. The lowest BCUT2D eigenvalue weighted by Gasteiger charge is -2.31. The molecule has 0 aliphatic carbocycles. The number of sulfonamides is 1. The second kappa shape index (κ2) is 8.56. The highest BCUT2D eigenvalue weighted by Gasteiger charge is 2.28. The molecule has 3 aromatic rings. The lowest BCUT2D eigenvalue weighted by atomic mass is 10.1. The standard InChI is InChI=1S/C22H20ClN3O4S/c1-30-21-18(23)12-17(22(27)26-10-5-11-26)13-19(21)31(28,29)25-20-14-16(8-9-24-20)15-6-3-2-4-7-15/h2-4,6-9,12-14H,5,10-11H2,1H3,(H,24,25). The third-order valence-electron chi connectivity index (χ3n) is 5.00. The summed E-state index contributed by atoms with van der Waals surface area (Å²) in [6.07, 6.45) is 2.44. The average Bonchev–Trinajstić information content (AvgIpc) is 2.72. The zero-order chi connectivity index (χ0) is 22.0. The molecular weight excluding hydrogens is 438 g/mol. The van der Waals surface area contributed by atoms with Crippen molar-refractivity contribution in [2.45, 2.75) is 11.3 Å². The van der Waals surface area contributed by atoms with Crippen molar-refractivity contribution in [1.82, 2.24) is 9.88 Å². The zero-order valence-corrected chi connectivity index (χ0v) is 18.3. The molecule has 2 aromatic carbocycles. The van der Waals surface area contributed by atoms with E-state index in [4.69, 9.17) is 16.3 Å². The van der Waals surface area contributed by atoms with E-state index in [0.29, 0.717) is 13.1 Å². The number of pyridine rings is 1. The molecule has 7 nitrogen and oxygen atoms in total. The summed E-state index contributed by atoms with van der Waals surface area (Å²) in [6, 6.07) is 15.7. The normalized spacial score (nSPS) is 13.4. The summed E-state index contributed by atoms with van der Waals surface area (Å²) in [6.45, 7) is 1.28. The summed E-state index contributed by atoms with van der Waals surface area (Å²) in [5, 5.41) is 0.0419. The van der Waals surface area contributed by atoms with Gasteiger partial charge >= 0.3 is 0 Å². The molecule has 160 valence electrons. The Bertz CT molecular complexity index is 1230. The highest BCUT2D eigenvalue weighted by Crippen LogP contribution is 2.35. The summed E-state index contributed by atoms with van der Waals surface area (Å²) in [7, 11) is -2.82. The summed E-state index contributed by atoms with van der Waals surface area (Å²) >= 11 is 6.26. The second-order valence-corrected chi connectivity index (χ2v) is 9.09. The molecule has 1 aliphatic rings. The van der Waals surface area contributed by atoms with Crippen LogP contribution in [0.4, 0.5) is 5.82 Å². The number of rotatable bonds is 6. The third-order valence-corrected chi connectivity index (χ3v) is 6.64. The number of nitrogens with one attached hydrogen (secondary N) is 1. The van der Waals surface area contributed by atoms with Crippen LogP contribution in [-0.2, 0) is 10.0 Å². The van der Waals surface area contributed by atoms with Crippen LogP contribution in [0.3, 0.4) is 0 Å². The minimum Gasteiger partial charge on any atom is -0.494 e. The smallest absolute Gasteiger partial charge is 0.266 e. The monoisotopic (exact) mass is 457 g/mol. The van der Waals surface area contributed by atoms with Gasteiger partial charge in [-0.3, -0.25) is 9.52 Å². The fourth-order valence-corrected chi connectivity index (χ4v) is 4.85. The molecular formula is C22H20ClN3O4S. The van der Waals surface area contributed by atoms with Crippen LogP contribution in [0.5, 0.6) is 5.75 Å². The van der Waals surface area contributed by atoms with Crippen molar-refractivity contribution in [2.75, 3.05) is 24.9 Å². The summed E-state index contributed by atoms with van der Waals surface area (Å²) in [5.74, 6) is -0.163. The van der Waals surface area contributed by atoms with E-state index in [0.717, 1.165) is 17.5 Å². The Kier molecular flexibility index (Phi) is 5.84. The molecule has 1 aliphatic heterocycles. The van der Waals surface area contributed by atoms with Crippen LogP contribution in [0.1, 0.15) is 16.8 Å². The predicted molar refractivity (Wildman–Crippen MR) is 119 cm³/mol. The van der Waals surface area contributed by atoms with Gasteiger partial charge in [-0.25, -0.2) is 13.4 Å². The van der Waals surface area contributed by atoms with Crippen molar-refractivity contribution in [3.05, 3.63) is 71.4 Å². The van der Waals surface area contributed by atoms with E-state index < -0.39 is 10.0 Å². The number of carbonyl (C=O) groups is 1. The van der Waals surface area contributed by atoms with Gasteiger partial charge in [0.15, 0.2) is 5.75 Å². The van der Waals surface area contributed by atoms with Crippen molar-refractivity contribution in [3.63, 3.8) is 0 Å². The minimum absolute atomic E-state index is 0.0338. The molecule has 2 heterocycles. The Morgan fingerprint density at radius 1 is 1.10 bits per heavy atom. The molecule has 31 heavy (non-hydrogen) atoms. The number of likely N-dealkylation sites (tertiary alicyclic amines) is 1. The molecule has 9 heteroatoms. The zero-order valence-electron chi connectivity index (χ0n) is 16.7. The van der Waals surface area contributed by atoms with Gasteiger partial charge in [-0.2, -0.15) is 0 Å². The number of amides is 1. The Morgan fingerprint density at radius 2 is 1.84 bits per heavy atom. The van der Waals surface area contributed by atoms with Crippen LogP contribution in [0, 0.1) is 0 Å². The number of methoxy groups -OCH3 is 1. The number of halogens is 1. The SMILES string of the molecule is COc1c(Cl)cc(C(=O)N2CCC2)cc1S(=O)(=O)Nc1cc(-c2ccccc2)ccn1. The molecule has 1 fully saturated rings. The van der Waals surface area contributed by atoms with Crippen LogP contribution in [0.15, 0.2) is 65.7 Å². The maximum absolute atomic E-state index is 13.2. The third kappa shape index (κ3) is 4.35. The van der Waals surface area contributed by atoms with Crippen LogP contribution >= 0.6 is 11.6 Å². The Balaban J connectivity index is 1.70. The Hall–Kier alpha value is -3.10. The van der Waals surface area contributed by atoms with Gasteiger partial charge in [0.25, 0.3) is 15.9 Å². The summed E-state index contributed by atoms with van der Waals surface area (Å²) < 4.78 is 34.1. The lowest BCUT2D eigenvalue weighted by molar-refractivity contribution is 0.0651. The van der Waals surface area contributed by atoms with Gasteiger partial charge in [0.05, 0.1) is 12.1 Å². The lowest BCUT2D eigenvalue weighted by Crippen LogP contribution is -2.42. The number of aromatic nitrogens is 1. The quantitative estimate of drug-likeness (QED) is 0.603. The van der Waals surface area contributed by atoms with Crippen molar-refractivity contribution in [1.29, 1.82) is 0 Å². The number of benzene rings is 2. The molecule has 0 saturated carbocycles. The van der Waals surface area contributed by atoms with Crippen molar-refractivity contribution >= 4 is 33.3 Å². The predicted octanol–water partition coefficient (Wildman–Crippen LogP) is 4.06. The average molecular weight is 458 g/mol. The summed E-state index contributed by atoms with van der Waals surface area (Å²) in [4.78, 5) is 18.1. The molecule has 1 amide bonds. The first-order valence-electron chi connectivity index (χ1n) is 9.60. The number of ether oxygens (including phenoxy) is 1. The number of carbonyl (C=O) groups excluding carboxylic acids is 1. The van der Waals surface area contributed by atoms with Gasteiger partial charge in [-0.15, -0.1) is 0 Å². The highest BCUT2D eigenvalue weighted by atomic mass is 35.5. The Labute approximate surface area is 185 Å². The van der Waals surface area contributed by atoms with Crippen LogP contribution in [0.2, 0.25) is 5.02 Å². The van der Waals surface area contributed by atoms with Gasteiger partial charge in [-0.1, -0.05) is 41.9 Å². The van der Waals surface area contributed by atoms with Crippen LogP contribution in [0.25, 0.3) is 11.1 Å². The number of hydrogen-bond donors (Lipinski definition) is 1. The van der Waals surface area contributed by atoms with E-state index >= 15 is 0 Å².